The predicted molar refractivity (Wildman–Crippen MR) is 78.9 cm³/mol. The summed E-state index contributed by atoms with van der Waals surface area (Å²) >= 11 is 5.71. The highest BCUT2D eigenvalue weighted by Crippen LogP contribution is 2.28. The topological polar surface area (TPSA) is 49.2 Å². The van der Waals surface area contributed by atoms with Gasteiger partial charge in [-0.05, 0) is 30.2 Å². The summed E-state index contributed by atoms with van der Waals surface area (Å²) in [5.41, 5.74) is 1.11. The summed E-state index contributed by atoms with van der Waals surface area (Å²) in [6, 6.07) is 5.10. The van der Waals surface area contributed by atoms with E-state index in [0.717, 1.165) is 12.0 Å². The first kappa shape index (κ1) is 14.2. The molecule has 0 radical (unpaired) electrons. The van der Waals surface area contributed by atoms with Crippen LogP contribution in [0.15, 0.2) is 36.8 Å². The highest BCUT2D eigenvalue weighted by atomic mass is 35.5. The molecule has 0 amide bonds. The number of rotatable bonds is 3. The fraction of sp³-hybridized carbons (Fsp3) is 0.333. The fourth-order valence-electron chi connectivity index (χ4n) is 2.69. The number of hydrogen-bond donors (Lipinski definition) is 1. The molecule has 21 heavy (non-hydrogen) atoms. The molecule has 1 aliphatic heterocycles. The Labute approximate surface area is 127 Å². The Morgan fingerprint density at radius 3 is 2.81 bits per heavy atom. The van der Waals surface area contributed by atoms with Crippen LogP contribution in [0, 0.1) is 11.7 Å². The van der Waals surface area contributed by atoms with E-state index in [-0.39, 0.29) is 16.8 Å². The molecule has 6 heteroatoms. The third-order valence-corrected chi connectivity index (χ3v) is 3.95. The molecule has 0 saturated carbocycles. The Bertz CT molecular complexity index is 626. The lowest BCUT2D eigenvalue weighted by molar-refractivity contribution is 0.148. The lowest BCUT2D eigenvalue weighted by atomic mass is 9.97. The van der Waals surface area contributed by atoms with Gasteiger partial charge in [0.2, 0.25) is 0 Å². The molecule has 1 aliphatic rings. The van der Waals surface area contributed by atoms with Crippen LogP contribution in [0.5, 0.6) is 0 Å². The van der Waals surface area contributed by atoms with Gasteiger partial charge in [-0.25, -0.2) is 9.37 Å². The summed E-state index contributed by atoms with van der Waals surface area (Å²) in [5.74, 6) is -0.167. The van der Waals surface area contributed by atoms with Crippen LogP contribution in [-0.2, 0) is 6.42 Å². The number of anilines is 1. The van der Waals surface area contributed by atoms with Gasteiger partial charge in [-0.2, -0.15) is 0 Å². The van der Waals surface area contributed by atoms with Crippen molar-refractivity contribution < 1.29 is 9.50 Å². The number of pyridine rings is 2. The molecule has 0 aliphatic carbocycles. The smallest absolute Gasteiger partial charge is 0.167 e. The molecular weight excluding hydrogens is 293 g/mol. The molecule has 1 fully saturated rings. The molecule has 3 heterocycles. The number of β-amino-alcohol motifs (C(OH)–C–C–N with tert-alkyl or cyclic N) is 1. The Morgan fingerprint density at radius 2 is 2.10 bits per heavy atom. The van der Waals surface area contributed by atoms with Gasteiger partial charge in [-0.1, -0.05) is 11.6 Å². The first-order valence-corrected chi connectivity index (χ1v) is 7.14. The molecule has 0 unspecified atom stereocenters. The van der Waals surface area contributed by atoms with Gasteiger partial charge in [0.25, 0.3) is 0 Å². The van der Waals surface area contributed by atoms with E-state index in [1.165, 1.54) is 12.3 Å². The highest BCUT2D eigenvalue weighted by Gasteiger charge is 2.33. The molecule has 1 saturated heterocycles. The standard InChI is InChI=1S/C15H15ClFN3O/c16-12-6-13(17)15(19-7-12)20-8-11(14(21)9-20)5-10-1-3-18-4-2-10/h1-4,6-7,11,14,21H,5,8-9H2/t11-,14+/m1/s1. The zero-order chi connectivity index (χ0) is 14.8. The number of halogens is 2. The lowest BCUT2D eigenvalue weighted by Gasteiger charge is -2.17. The van der Waals surface area contributed by atoms with Crippen molar-refractivity contribution in [2.24, 2.45) is 5.92 Å². The minimum Gasteiger partial charge on any atom is -0.391 e. The van der Waals surface area contributed by atoms with Gasteiger partial charge < -0.3 is 10.0 Å². The third kappa shape index (κ3) is 3.14. The minimum absolute atomic E-state index is 0.0456. The molecule has 2 atom stereocenters. The quantitative estimate of drug-likeness (QED) is 0.945. The second kappa shape index (κ2) is 5.95. The fourth-order valence-corrected chi connectivity index (χ4v) is 2.83. The molecule has 3 rings (SSSR count). The van der Waals surface area contributed by atoms with Crippen molar-refractivity contribution in [3.63, 3.8) is 0 Å². The number of aliphatic hydroxyl groups is 1. The Morgan fingerprint density at radius 1 is 1.33 bits per heavy atom. The van der Waals surface area contributed by atoms with Crippen LogP contribution in [0.4, 0.5) is 10.2 Å². The Balaban J connectivity index is 1.73. The summed E-state index contributed by atoms with van der Waals surface area (Å²) in [4.78, 5) is 9.78. The largest absolute Gasteiger partial charge is 0.391 e. The van der Waals surface area contributed by atoms with Crippen LogP contribution in [0.3, 0.4) is 0 Å². The maximum atomic E-state index is 13.9. The van der Waals surface area contributed by atoms with Gasteiger partial charge in [0, 0.05) is 37.6 Å². The number of hydrogen-bond acceptors (Lipinski definition) is 4. The third-order valence-electron chi connectivity index (χ3n) is 3.74. The van der Waals surface area contributed by atoms with E-state index < -0.39 is 11.9 Å². The Hall–Kier alpha value is -1.72. The van der Waals surface area contributed by atoms with Crippen LogP contribution in [0.2, 0.25) is 5.02 Å². The first-order valence-electron chi connectivity index (χ1n) is 6.76. The van der Waals surface area contributed by atoms with E-state index in [9.17, 15) is 9.50 Å². The van der Waals surface area contributed by atoms with E-state index >= 15 is 0 Å². The Kier molecular flexibility index (Phi) is 4.03. The van der Waals surface area contributed by atoms with Crippen LogP contribution < -0.4 is 4.90 Å². The van der Waals surface area contributed by atoms with Crippen molar-refractivity contribution in [3.05, 3.63) is 53.2 Å². The van der Waals surface area contributed by atoms with Gasteiger partial charge in [0.1, 0.15) is 0 Å². The van der Waals surface area contributed by atoms with Crippen LogP contribution in [-0.4, -0.2) is 34.3 Å². The van der Waals surface area contributed by atoms with E-state index in [1.54, 1.807) is 17.3 Å². The van der Waals surface area contributed by atoms with Crippen molar-refractivity contribution in [1.29, 1.82) is 0 Å². The molecule has 1 N–H and O–H groups in total. The minimum atomic E-state index is -0.505. The molecule has 0 spiro atoms. The van der Waals surface area contributed by atoms with Crippen LogP contribution in [0.25, 0.3) is 0 Å². The predicted octanol–water partition coefficient (Wildman–Crippen LogP) is 2.31. The van der Waals surface area contributed by atoms with Crippen molar-refractivity contribution in [2.45, 2.75) is 12.5 Å². The lowest BCUT2D eigenvalue weighted by Crippen LogP contribution is -2.23. The van der Waals surface area contributed by atoms with Gasteiger partial charge in [-0.3, -0.25) is 4.98 Å². The van der Waals surface area contributed by atoms with Gasteiger partial charge in [0.15, 0.2) is 11.6 Å². The molecule has 2 aromatic rings. The molecule has 110 valence electrons. The number of aromatic nitrogens is 2. The van der Waals surface area contributed by atoms with Gasteiger partial charge in [-0.15, -0.1) is 0 Å². The van der Waals surface area contributed by atoms with Crippen LogP contribution in [0.1, 0.15) is 5.56 Å². The summed E-state index contributed by atoms with van der Waals surface area (Å²) in [6.07, 6.45) is 5.11. The summed E-state index contributed by atoms with van der Waals surface area (Å²) in [6.45, 7) is 0.941. The van der Waals surface area contributed by atoms with E-state index in [1.807, 2.05) is 12.1 Å². The second-order valence-corrected chi connectivity index (χ2v) is 5.69. The zero-order valence-electron chi connectivity index (χ0n) is 11.3. The molecule has 4 nitrogen and oxygen atoms in total. The van der Waals surface area contributed by atoms with Crippen molar-refractivity contribution >= 4 is 17.4 Å². The average molecular weight is 308 g/mol. The maximum absolute atomic E-state index is 13.9. The van der Waals surface area contributed by atoms with E-state index in [0.29, 0.717) is 13.1 Å². The molecule has 2 aromatic heterocycles. The van der Waals surface area contributed by atoms with Crippen molar-refractivity contribution in [3.8, 4) is 0 Å². The molecule has 0 aromatic carbocycles. The normalized spacial score (nSPS) is 21.8. The summed E-state index contributed by atoms with van der Waals surface area (Å²) < 4.78 is 13.9. The molecule has 0 bridgehead atoms. The van der Waals surface area contributed by atoms with Crippen molar-refractivity contribution in [1.82, 2.24) is 9.97 Å². The highest BCUT2D eigenvalue weighted by molar-refractivity contribution is 6.30. The monoisotopic (exact) mass is 307 g/mol. The second-order valence-electron chi connectivity index (χ2n) is 5.25. The molecular formula is C15H15ClFN3O. The van der Waals surface area contributed by atoms with Gasteiger partial charge in [0.05, 0.1) is 11.1 Å². The van der Waals surface area contributed by atoms with Crippen molar-refractivity contribution in [2.75, 3.05) is 18.0 Å². The zero-order valence-corrected chi connectivity index (χ0v) is 12.0. The number of aliphatic hydroxyl groups excluding tert-OH is 1. The first-order chi connectivity index (χ1) is 10.1. The maximum Gasteiger partial charge on any atom is 0.167 e. The van der Waals surface area contributed by atoms with E-state index in [2.05, 4.69) is 9.97 Å². The van der Waals surface area contributed by atoms with E-state index in [4.69, 9.17) is 11.6 Å². The average Bonchev–Trinajstić information content (AvgIpc) is 2.81. The number of nitrogens with zero attached hydrogens (tertiary/aromatic N) is 3. The van der Waals surface area contributed by atoms with Gasteiger partial charge >= 0.3 is 0 Å². The SMILES string of the molecule is O[C@H]1CN(c2ncc(Cl)cc2F)C[C@H]1Cc1ccncc1. The summed E-state index contributed by atoms with van der Waals surface area (Å²) in [5, 5.41) is 10.5. The summed E-state index contributed by atoms with van der Waals surface area (Å²) in [7, 11) is 0. The van der Waals surface area contributed by atoms with Crippen LogP contribution >= 0.6 is 11.6 Å².